The molecule has 20 nitrogen and oxygen atoms in total. The molecule has 26 heteroatoms. The van der Waals surface area contributed by atoms with Crippen LogP contribution in [0.3, 0.4) is 0 Å². The molecule has 7 saturated heterocycles. The fraction of sp³-hybridized carbons (Fsp3) is 0.377. The van der Waals surface area contributed by atoms with Gasteiger partial charge in [0.15, 0.2) is 11.6 Å². The molecule has 13 heterocycles. The van der Waals surface area contributed by atoms with Gasteiger partial charge in [0.05, 0.1) is 45.3 Å². The van der Waals surface area contributed by atoms with Crippen molar-refractivity contribution in [3.05, 3.63) is 166 Å². The molecule has 0 N–H and O–H groups in total. The quantitative estimate of drug-likeness (QED) is 0.0692. The number of aryl methyl sites for hydroxylation is 2. The molecule has 10 aromatic rings. The van der Waals surface area contributed by atoms with Crippen molar-refractivity contribution in [2.45, 2.75) is 119 Å². The van der Waals surface area contributed by atoms with Crippen molar-refractivity contribution in [2.24, 2.45) is 0 Å². The fourth-order valence-electron chi connectivity index (χ4n) is 17.9. The number of amides is 2. The zero-order valence-corrected chi connectivity index (χ0v) is 58.0. The second-order valence-electron chi connectivity index (χ2n) is 28.9. The monoisotopic (exact) mass is 1430 g/mol. The molecule has 9 atom stereocenters. The van der Waals surface area contributed by atoms with Gasteiger partial charge in [-0.2, -0.15) is 19.9 Å². The van der Waals surface area contributed by atoms with E-state index in [1.54, 1.807) is 81.0 Å². The van der Waals surface area contributed by atoms with Crippen LogP contribution in [0.5, 0.6) is 12.0 Å². The Kier molecular flexibility index (Phi) is 16.3. The number of benzene rings is 4. The first-order valence-electron chi connectivity index (χ1n) is 35.3. The molecule has 103 heavy (non-hydrogen) atoms. The van der Waals surface area contributed by atoms with Gasteiger partial charge in [-0.15, -0.1) is 0 Å². The fourth-order valence-corrected chi connectivity index (χ4v) is 18.5. The predicted molar refractivity (Wildman–Crippen MR) is 384 cm³/mol. The van der Waals surface area contributed by atoms with Crippen LogP contribution in [0.15, 0.2) is 116 Å². The van der Waals surface area contributed by atoms with Crippen molar-refractivity contribution in [1.29, 1.82) is 0 Å². The summed E-state index contributed by atoms with van der Waals surface area (Å²) in [4.78, 5) is 87.9. The number of alkyl halides is 2. The highest BCUT2D eigenvalue weighted by Crippen LogP contribution is 2.49. The molecule has 2 amide bonds. The van der Waals surface area contributed by atoms with Crippen LogP contribution in [-0.2, 0) is 9.59 Å². The van der Waals surface area contributed by atoms with Crippen LogP contribution in [-0.4, -0.2) is 194 Å². The van der Waals surface area contributed by atoms with Crippen LogP contribution < -0.4 is 19.3 Å². The summed E-state index contributed by atoms with van der Waals surface area (Å²) in [6.45, 7) is 7.01. The Balaban J connectivity index is 0.592. The Labute approximate surface area is 599 Å². The molecule has 524 valence electrons. The molecule has 3 unspecified atom stereocenters. The summed E-state index contributed by atoms with van der Waals surface area (Å²) < 4.78 is 79.1. The molecule has 8 fully saturated rings. The number of fused-ring (bicyclic) bond motifs is 9. The Hall–Kier alpha value is -9.62. The zero-order valence-electron chi connectivity index (χ0n) is 56.4. The maximum absolute atomic E-state index is 17.7. The van der Waals surface area contributed by atoms with Gasteiger partial charge < -0.3 is 29.1 Å². The third-order valence-corrected chi connectivity index (χ3v) is 23.2. The van der Waals surface area contributed by atoms with Gasteiger partial charge in [0, 0.05) is 145 Å². The van der Waals surface area contributed by atoms with Gasteiger partial charge in [-0.25, -0.2) is 37.5 Å². The summed E-state index contributed by atoms with van der Waals surface area (Å²) in [7, 11) is 0. The van der Waals surface area contributed by atoms with E-state index in [0.29, 0.717) is 136 Å². The SMILES string of the molecule is Cc1nccc(/C=C/C(=O)N2[C@@H]3CC[C@H]2CN(c2nc(OC[C@@]45CC(c6cc(/C=C/C(=O)N7CCN(c8nc(OC[C@@]9%10CCCN9C[C@H](F)C%10)nc9c(F)c(-c%10cccc%11cccc(Cl)c%10%11)ncc89)C8CC87)nc(C)n6)CN4C[C@H](F)C5)nc4c(F)c(-c5cccc6cccc(Cl)c56)ncc24)C3)n1. The molecule has 1 aliphatic carbocycles. The number of pyridine rings is 2. The highest BCUT2D eigenvalue weighted by atomic mass is 35.5. The average Bonchev–Trinajstić information content (AvgIpc) is 1.40. The van der Waals surface area contributed by atoms with Crippen molar-refractivity contribution in [1.82, 2.24) is 69.4 Å². The number of nitrogens with zero attached hydrogens (tertiary/aromatic N) is 16. The van der Waals surface area contributed by atoms with Crippen LogP contribution in [0.1, 0.15) is 86.0 Å². The van der Waals surface area contributed by atoms with Crippen molar-refractivity contribution in [3.63, 3.8) is 0 Å². The number of ether oxygens (including phenoxy) is 2. The van der Waals surface area contributed by atoms with Gasteiger partial charge >= 0.3 is 12.0 Å². The largest absolute Gasteiger partial charge is 0.461 e. The molecule has 0 spiro atoms. The standard InChI is InChI=1S/C77H70Cl2F4N16O4/c1-42-84-24-22-49(87-42)16-21-63(101)99-51-18-19-52(99)39-94(38-51)72-55-33-85-68(53-12-3-8-44-10-5-14-57(78)64(44)53)66(82)70(55)90-74(92-72)103-41-77-30-46(35-96(77)37-48(81)32-77)59-28-50(88-43(2)89-59)17-20-62(100)97-26-27-98(61-29-60(61)97)73-56-34-86-69(54-13-4-9-45-11-6-15-58(79)65(45)54)67(83)71(56)91-75(93-73)102-40-76-23-7-25-95(76)36-47(80)31-76/h3-6,8-17,20-22,24,28,33-34,46-48,51-52,60-61H,7,18-19,23,25-27,29-32,35-41H2,1-2H3/b20-17+,21-16+/t46?,47-,48-,51-,52+,60?,61?,76+,77+/m1/s1. The van der Waals surface area contributed by atoms with Gasteiger partial charge in [-0.1, -0.05) is 83.9 Å². The highest BCUT2D eigenvalue weighted by molar-refractivity contribution is 6.37. The first-order chi connectivity index (χ1) is 50.0. The summed E-state index contributed by atoms with van der Waals surface area (Å²) in [5.74, 6) is 0.107. The number of hydrogen-bond donors (Lipinski definition) is 0. The van der Waals surface area contributed by atoms with E-state index in [4.69, 9.17) is 72.5 Å². The summed E-state index contributed by atoms with van der Waals surface area (Å²) in [6.07, 6.45) is 14.1. The number of rotatable bonds is 15. The van der Waals surface area contributed by atoms with E-state index in [0.717, 1.165) is 48.7 Å². The second kappa shape index (κ2) is 25.7. The minimum Gasteiger partial charge on any atom is -0.461 e. The minimum absolute atomic E-state index is 0.00783. The molecule has 6 aromatic heterocycles. The molecule has 18 rings (SSSR count). The molecule has 8 aliphatic rings. The van der Waals surface area contributed by atoms with E-state index >= 15 is 13.2 Å². The molecule has 1 saturated carbocycles. The minimum atomic E-state index is -1.14. The maximum Gasteiger partial charge on any atom is 0.319 e. The topological polar surface area (TPSA) is 201 Å². The zero-order chi connectivity index (χ0) is 70.2. The number of aromatic nitrogens is 10. The molecule has 0 radical (unpaired) electrons. The number of hydrogen-bond acceptors (Lipinski definition) is 18. The van der Waals surface area contributed by atoms with Crippen LogP contribution >= 0.6 is 23.2 Å². The van der Waals surface area contributed by atoms with Crippen molar-refractivity contribution < 1.29 is 36.6 Å². The molecule has 2 bridgehead atoms. The molecular weight excluding hydrogens is 1360 g/mol. The first kappa shape index (κ1) is 65.4. The Morgan fingerprint density at radius 3 is 1.86 bits per heavy atom. The highest BCUT2D eigenvalue weighted by Gasteiger charge is 2.55. The average molecular weight is 1430 g/mol. The Morgan fingerprint density at radius 1 is 0.602 bits per heavy atom. The van der Waals surface area contributed by atoms with E-state index < -0.39 is 35.1 Å². The Morgan fingerprint density at radius 2 is 1.19 bits per heavy atom. The van der Waals surface area contributed by atoms with E-state index in [1.165, 1.54) is 6.08 Å². The number of anilines is 2. The summed E-state index contributed by atoms with van der Waals surface area (Å²) in [6, 6.07) is 25.0. The lowest BCUT2D eigenvalue weighted by atomic mass is 9.88. The predicted octanol–water partition coefficient (Wildman–Crippen LogP) is 12.5. The van der Waals surface area contributed by atoms with Crippen LogP contribution in [0.4, 0.5) is 29.2 Å². The number of carbonyl (C=O) groups excluding carboxylic acids is 2. The van der Waals surface area contributed by atoms with E-state index in [9.17, 15) is 14.0 Å². The molecule has 4 aromatic carbocycles. The normalized spacial score (nSPS) is 25.3. The first-order valence-corrected chi connectivity index (χ1v) is 36.0. The molecular formula is C77H70Cl2F4N16O4. The van der Waals surface area contributed by atoms with Crippen LogP contribution in [0, 0.1) is 25.5 Å². The maximum atomic E-state index is 17.7. The van der Waals surface area contributed by atoms with E-state index in [-0.39, 0.29) is 103 Å². The van der Waals surface area contributed by atoms with Gasteiger partial charge in [0.1, 0.15) is 71.3 Å². The van der Waals surface area contributed by atoms with Crippen LogP contribution in [0.25, 0.3) is 78.0 Å². The van der Waals surface area contributed by atoms with E-state index in [1.807, 2.05) is 64.4 Å². The number of halogens is 6. The second-order valence-corrected chi connectivity index (χ2v) is 29.7. The van der Waals surface area contributed by atoms with Gasteiger partial charge in [-0.3, -0.25) is 29.4 Å². The van der Waals surface area contributed by atoms with Crippen molar-refractivity contribution >= 4 is 102 Å². The summed E-state index contributed by atoms with van der Waals surface area (Å²) in [5, 5.41) is 4.61. The third-order valence-electron chi connectivity index (χ3n) is 22.5. The Bertz CT molecular complexity index is 5190. The van der Waals surface area contributed by atoms with Gasteiger partial charge in [-0.05, 0) is 106 Å². The lowest BCUT2D eigenvalue weighted by Gasteiger charge is -2.41. The number of carbonyl (C=O) groups is 2. The third kappa shape index (κ3) is 11.7. The lowest BCUT2D eigenvalue weighted by Crippen LogP contribution is -2.55. The molecule has 7 aliphatic heterocycles. The summed E-state index contributed by atoms with van der Waals surface area (Å²) >= 11 is 13.6. The van der Waals surface area contributed by atoms with Crippen LogP contribution in [0.2, 0.25) is 10.0 Å². The van der Waals surface area contributed by atoms with Crippen molar-refractivity contribution in [2.75, 3.05) is 75.4 Å². The van der Waals surface area contributed by atoms with E-state index in [2.05, 4.69) is 29.6 Å². The lowest BCUT2D eigenvalue weighted by molar-refractivity contribution is -0.129. The van der Waals surface area contributed by atoms with Crippen molar-refractivity contribution in [3.8, 4) is 34.5 Å². The summed E-state index contributed by atoms with van der Waals surface area (Å²) in [5.41, 5.74) is 1.74. The smallest absolute Gasteiger partial charge is 0.319 e. The number of piperazine rings is 2. The van der Waals surface area contributed by atoms with Gasteiger partial charge in [0.2, 0.25) is 11.8 Å². The van der Waals surface area contributed by atoms with Gasteiger partial charge in [0.25, 0.3) is 0 Å².